The van der Waals surface area contributed by atoms with Gasteiger partial charge < -0.3 is 9.32 Å². The van der Waals surface area contributed by atoms with Crippen LogP contribution in [-0.4, -0.2) is 13.1 Å². The first kappa shape index (κ1) is 12.1. The number of fused-ring (bicyclic) bond motifs is 1. The highest BCUT2D eigenvalue weighted by Crippen LogP contribution is 2.34. The molecular weight excluding hydrogens is 306 g/mol. The fraction of sp³-hybridized carbons (Fsp3) is 0.364. The molecule has 0 atom stereocenters. The molecule has 0 aliphatic heterocycles. The van der Waals surface area contributed by atoms with Crippen molar-refractivity contribution in [2.45, 2.75) is 13.8 Å². The molecule has 0 aromatic carbocycles. The molecule has 2 heterocycles. The molecule has 0 fully saturated rings. The van der Waals surface area contributed by atoms with E-state index in [1.807, 2.05) is 11.4 Å². The summed E-state index contributed by atoms with van der Waals surface area (Å²) < 4.78 is 8.76. The van der Waals surface area contributed by atoms with Gasteiger partial charge in [-0.1, -0.05) is 12.2 Å². The first-order chi connectivity index (χ1) is 7.67. The van der Waals surface area contributed by atoms with E-state index in [0.717, 1.165) is 38.2 Å². The number of hydrogen-bond acceptors (Lipinski definition) is 4. The van der Waals surface area contributed by atoms with Gasteiger partial charge in [0.25, 0.3) is 0 Å². The van der Waals surface area contributed by atoms with Crippen molar-refractivity contribution in [1.82, 2.24) is 0 Å². The Hall–Kier alpha value is -0.390. The van der Waals surface area contributed by atoms with Gasteiger partial charge in [0.2, 0.25) is 0 Å². The molecule has 16 heavy (non-hydrogen) atoms. The second kappa shape index (κ2) is 4.85. The summed E-state index contributed by atoms with van der Waals surface area (Å²) in [5.41, 5.74) is 0.861. The number of anilines is 1. The van der Waals surface area contributed by atoms with E-state index in [2.05, 4.69) is 34.7 Å². The molecule has 2 rings (SSSR count). The zero-order valence-corrected chi connectivity index (χ0v) is 12.3. The summed E-state index contributed by atoms with van der Waals surface area (Å²) in [7, 11) is 0. The normalized spacial score (nSPS) is 10.9. The van der Waals surface area contributed by atoms with Crippen LogP contribution in [0.1, 0.15) is 13.8 Å². The number of nitrogens with zero attached hydrogens (tertiary/aromatic N) is 1. The van der Waals surface area contributed by atoms with Crippen molar-refractivity contribution in [3.05, 3.63) is 20.4 Å². The molecule has 0 spiro atoms. The van der Waals surface area contributed by atoms with Crippen LogP contribution in [0.2, 0.25) is 0 Å². The fourth-order valence-electron chi connectivity index (χ4n) is 1.59. The number of hydrogen-bond donors (Lipinski definition) is 0. The van der Waals surface area contributed by atoms with E-state index in [1.165, 1.54) is 0 Å². The van der Waals surface area contributed by atoms with Gasteiger partial charge >= 0.3 is 0 Å². The average Bonchev–Trinajstić information content (AvgIpc) is 2.63. The molecule has 0 bridgehead atoms. The van der Waals surface area contributed by atoms with Gasteiger partial charge in [0.05, 0.1) is 13.7 Å². The molecule has 0 saturated carbocycles. The van der Waals surface area contributed by atoms with Crippen molar-refractivity contribution < 1.29 is 4.42 Å². The minimum Gasteiger partial charge on any atom is -0.438 e. The van der Waals surface area contributed by atoms with Gasteiger partial charge in [-0.15, -0.1) is 11.3 Å². The monoisotopic (exact) mass is 317 g/mol. The summed E-state index contributed by atoms with van der Waals surface area (Å²) in [4.78, 5) is 2.15. The Labute approximate surface area is 112 Å². The largest absolute Gasteiger partial charge is 0.438 e. The van der Waals surface area contributed by atoms with Gasteiger partial charge in [-0.2, -0.15) is 0 Å². The maximum absolute atomic E-state index is 5.88. The quantitative estimate of drug-likeness (QED) is 0.754. The van der Waals surface area contributed by atoms with E-state index < -0.39 is 0 Å². The van der Waals surface area contributed by atoms with Crippen molar-refractivity contribution in [2.24, 2.45) is 0 Å². The molecule has 86 valence electrons. The number of halogens is 1. The lowest BCUT2D eigenvalue weighted by Gasteiger charge is -2.18. The lowest BCUT2D eigenvalue weighted by Crippen LogP contribution is -2.21. The van der Waals surface area contributed by atoms with Crippen LogP contribution in [0.5, 0.6) is 0 Å². The molecule has 2 aromatic rings. The summed E-state index contributed by atoms with van der Waals surface area (Å²) in [6.45, 7) is 6.05. The highest BCUT2D eigenvalue weighted by Gasteiger charge is 2.11. The van der Waals surface area contributed by atoms with Gasteiger partial charge in [-0.25, -0.2) is 0 Å². The van der Waals surface area contributed by atoms with Gasteiger partial charge in [-0.3, -0.25) is 0 Å². The van der Waals surface area contributed by atoms with Crippen LogP contribution in [0.25, 0.3) is 10.3 Å². The topological polar surface area (TPSA) is 16.4 Å². The molecule has 2 nitrogen and oxygen atoms in total. The fourth-order valence-corrected chi connectivity index (χ4v) is 3.38. The number of thiophene rings is 1. The molecule has 0 N–H and O–H groups in total. The molecule has 0 aliphatic rings. The van der Waals surface area contributed by atoms with Gasteiger partial charge in [0.15, 0.2) is 11.5 Å². The Morgan fingerprint density at radius 1 is 1.44 bits per heavy atom. The molecule has 0 radical (unpaired) electrons. The van der Waals surface area contributed by atoms with E-state index >= 15 is 0 Å². The smallest absolute Gasteiger partial charge is 0.197 e. The van der Waals surface area contributed by atoms with E-state index in [0.29, 0.717) is 0 Å². The predicted octanol–water partition coefficient (Wildman–Crippen LogP) is 4.83. The van der Waals surface area contributed by atoms with Crippen LogP contribution in [0, 0.1) is 4.51 Å². The van der Waals surface area contributed by atoms with Crippen LogP contribution < -0.4 is 4.90 Å². The molecule has 0 unspecified atom stereocenters. The SMILES string of the molecule is CCN(CC)c1cc(=S)c2scc(Br)c2o1. The molecule has 2 aromatic heterocycles. The van der Waals surface area contributed by atoms with Crippen molar-refractivity contribution in [3.8, 4) is 0 Å². The maximum atomic E-state index is 5.88. The predicted molar refractivity (Wildman–Crippen MR) is 76.2 cm³/mol. The van der Waals surface area contributed by atoms with Gasteiger partial charge in [0, 0.05) is 24.5 Å². The Morgan fingerprint density at radius 2 is 2.12 bits per heavy atom. The average molecular weight is 318 g/mol. The lowest BCUT2D eigenvalue weighted by atomic mass is 10.4. The van der Waals surface area contributed by atoms with E-state index in [1.54, 1.807) is 11.3 Å². The third-order valence-corrected chi connectivity index (χ3v) is 4.80. The van der Waals surface area contributed by atoms with Crippen LogP contribution in [-0.2, 0) is 0 Å². The van der Waals surface area contributed by atoms with Crippen LogP contribution >= 0.6 is 39.5 Å². The summed E-state index contributed by atoms with van der Waals surface area (Å²) >= 11 is 10.5. The van der Waals surface area contributed by atoms with Gasteiger partial charge in [-0.05, 0) is 29.8 Å². The summed E-state index contributed by atoms with van der Waals surface area (Å²) in [5.74, 6) is 0.849. The van der Waals surface area contributed by atoms with Crippen molar-refractivity contribution in [2.75, 3.05) is 18.0 Å². The molecule has 0 saturated heterocycles. The van der Waals surface area contributed by atoms with Crippen LogP contribution in [0.3, 0.4) is 0 Å². The zero-order chi connectivity index (χ0) is 11.7. The molecular formula is C11H12BrNOS2. The third kappa shape index (κ3) is 2.04. The van der Waals surface area contributed by atoms with Gasteiger partial charge in [0.1, 0.15) is 0 Å². The highest BCUT2D eigenvalue weighted by molar-refractivity contribution is 9.10. The van der Waals surface area contributed by atoms with E-state index in [-0.39, 0.29) is 0 Å². The minimum atomic E-state index is 0.849. The van der Waals surface area contributed by atoms with Crippen molar-refractivity contribution in [1.29, 1.82) is 0 Å². The van der Waals surface area contributed by atoms with Crippen LogP contribution in [0.4, 0.5) is 5.88 Å². The maximum Gasteiger partial charge on any atom is 0.197 e. The Kier molecular flexibility index (Phi) is 3.66. The highest BCUT2D eigenvalue weighted by atomic mass is 79.9. The molecule has 0 aliphatic carbocycles. The standard InChI is InChI=1S/C11H12BrNOS2/c1-3-13(4-2)9-5-8(15)11-10(14-9)7(12)6-16-11/h5-6H,3-4H2,1-2H3. The first-order valence-corrected chi connectivity index (χ1v) is 7.21. The minimum absolute atomic E-state index is 0.849. The van der Waals surface area contributed by atoms with E-state index in [4.69, 9.17) is 16.6 Å². The van der Waals surface area contributed by atoms with Crippen LogP contribution in [0.15, 0.2) is 20.3 Å². The number of rotatable bonds is 3. The van der Waals surface area contributed by atoms with Crippen molar-refractivity contribution in [3.63, 3.8) is 0 Å². The first-order valence-electron chi connectivity index (χ1n) is 5.13. The molecule has 0 amide bonds. The zero-order valence-electron chi connectivity index (χ0n) is 9.12. The summed E-state index contributed by atoms with van der Waals surface area (Å²) in [6, 6.07) is 1.94. The second-order valence-corrected chi connectivity index (χ2v) is 5.54. The van der Waals surface area contributed by atoms with E-state index in [9.17, 15) is 0 Å². The Bertz CT molecular complexity index is 557. The summed E-state index contributed by atoms with van der Waals surface area (Å²) in [6.07, 6.45) is 0. The molecule has 5 heteroatoms. The Balaban J connectivity index is 2.64. The third-order valence-electron chi connectivity index (χ3n) is 2.46. The van der Waals surface area contributed by atoms with Crippen molar-refractivity contribution >= 4 is 55.7 Å². The summed E-state index contributed by atoms with van der Waals surface area (Å²) in [5, 5.41) is 2.01. The second-order valence-electron chi connectivity index (χ2n) is 3.36. The Morgan fingerprint density at radius 3 is 2.75 bits per heavy atom. The lowest BCUT2D eigenvalue weighted by molar-refractivity contribution is 0.578.